The number of esters is 5. The maximum Gasteiger partial charge on any atom is 0.413 e. The molecule has 4 fully saturated rings. The van der Waals surface area contributed by atoms with Crippen LogP contribution in [-0.2, 0) is 61.9 Å². The minimum Gasteiger partial charge on any atom is -0.497 e. The van der Waals surface area contributed by atoms with Gasteiger partial charge in [0, 0.05) is 30.7 Å². The average Bonchev–Trinajstić information content (AvgIpc) is 3.55. The van der Waals surface area contributed by atoms with Crippen LogP contribution in [0, 0.1) is 16.7 Å². The van der Waals surface area contributed by atoms with Gasteiger partial charge in [-0.25, -0.2) is 14.4 Å². The van der Waals surface area contributed by atoms with Gasteiger partial charge in [0.2, 0.25) is 7.59 Å². The van der Waals surface area contributed by atoms with Crippen molar-refractivity contribution in [1.82, 2.24) is 4.90 Å². The standard InChI is InChI=1S/C57H61Cl6NO17/c1-29-35(75-49(70)43-41(31-16-12-10-13-17-31)64(50(71)81-51(3,4)5)47(78-43)32-20-22-34(73-9)23-21-32)25-55(72)46(79-48(69)33-18-14-11-15-19-33)44-53(8,45(68)42(40(29)52(55,6)7)77-39(67)27-57(61,62)63)36(76-38(66)26-56(58,59)60)24-37-54(44,28-74-37)80-30(2)65/h10-23,35-37,41-44,46-47,72H,24-28H2,1-9H3/t35-,36-,37+,41-,42+,43+,44-,46-,47+,53+,54-,55+/m0/s1. The molecule has 2 saturated carbocycles. The van der Waals surface area contributed by atoms with Gasteiger partial charge in [-0.1, -0.05) is 144 Å². The maximum absolute atomic E-state index is 16.6. The van der Waals surface area contributed by atoms with Crippen LogP contribution in [0.3, 0.4) is 0 Å². The topological polar surface area (TPSA) is 226 Å². The van der Waals surface area contributed by atoms with E-state index >= 15 is 9.59 Å². The predicted molar refractivity (Wildman–Crippen MR) is 294 cm³/mol. The van der Waals surface area contributed by atoms with E-state index in [0.29, 0.717) is 16.9 Å². The number of rotatable bonds is 12. The fourth-order valence-corrected chi connectivity index (χ4v) is 12.8. The third-order valence-electron chi connectivity index (χ3n) is 15.8. The molecule has 0 spiro atoms. The second-order valence-corrected chi connectivity index (χ2v) is 27.6. The lowest BCUT2D eigenvalue weighted by atomic mass is 9.44. The summed E-state index contributed by atoms with van der Waals surface area (Å²) in [7, 11) is 1.49. The highest BCUT2D eigenvalue weighted by molar-refractivity contribution is 6.68. The molecule has 3 aliphatic carbocycles. The number of fused-ring (bicyclic) bond motifs is 5. The number of carbonyl (C=O) groups is 7. The van der Waals surface area contributed by atoms with Crippen molar-refractivity contribution < 1.29 is 81.3 Å². The van der Waals surface area contributed by atoms with Crippen molar-refractivity contribution in [2.24, 2.45) is 16.7 Å². The summed E-state index contributed by atoms with van der Waals surface area (Å²) in [6.07, 6.45) is -15.3. The normalized spacial score (nSPS) is 30.7. The number of aliphatic hydroxyl groups is 1. The summed E-state index contributed by atoms with van der Waals surface area (Å²) >= 11 is 36.7. The van der Waals surface area contributed by atoms with Gasteiger partial charge in [0.05, 0.1) is 43.5 Å². The molecule has 0 radical (unpaired) electrons. The Labute approximate surface area is 498 Å². The number of hydrogen-bond donors (Lipinski definition) is 1. The summed E-state index contributed by atoms with van der Waals surface area (Å²) < 4.78 is 51.3. The Kier molecular flexibility index (Phi) is 17.6. The lowest BCUT2D eigenvalue weighted by Gasteiger charge is -2.67. The number of carbonyl (C=O) groups excluding carboxylic acids is 7. The molecule has 1 N–H and O–H groups in total. The summed E-state index contributed by atoms with van der Waals surface area (Å²) in [6.45, 7) is 11.5. The van der Waals surface area contributed by atoms with Gasteiger partial charge < -0.3 is 47.7 Å². The summed E-state index contributed by atoms with van der Waals surface area (Å²) in [5, 5.41) is 14.3. The van der Waals surface area contributed by atoms with Crippen LogP contribution in [0.25, 0.3) is 0 Å². The van der Waals surface area contributed by atoms with Crippen molar-refractivity contribution in [3.63, 3.8) is 0 Å². The molecule has 0 unspecified atom stereocenters. The Bertz CT molecular complexity index is 2960. The Morgan fingerprint density at radius 2 is 1.36 bits per heavy atom. The first-order valence-electron chi connectivity index (χ1n) is 25.8. The van der Waals surface area contributed by atoms with Crippen molar-refractivity contribution in [2.75, 3.05) is 13.7 Å². The van der Waals surface area contributed by atoms with Gasteiger partial charge in [-0.15, -0.1) is 0 Å². The van der Waals surface area contributed by atoms with Crippen LogP contribution in [-0.4, -0.2) is 126 Å². The quantitative estimate of drug-likeness (QED) is 0.0770. The van der Waals surface area contributed by atoms with E-state index in [9.17, 15) is 29.1 Å². The van der Waals surface area contributed by atoms with Crippen molar-refractivity contribution in [3.8, 4) is 5.75 Å². The number of amides is 1. The summed E-state index contributed by atoms with van der Waals surface area (Å²) in [5.41, 5.74) is -9.15. The minimum absolute atomic E-state index is 0.0195. The number of nitrogens with zero attached hydrogens (tertiary/aromatic N) is 1. The third-order valence-corrected chi connectivity index (χ3v) is 16.6. The Morgan fingerprint density at radius 1 is 0.778 bits per heavy atom. The van der Waals surface area contributed by atoms with Crippen LogP contribution in [0.2, 0.25) is 0 Å². The first-order chi connectivity index (χ1) is 37.7. The first kappa shape index (κ1) is 62.2. The van der Waals surface area contributed by atoms with E-state index in [1.165, 1.54) is 51.8 Å². The number of halogens is 6. The molecule has 3 aromatic rings. The van der Waals surface area contributed by atoms with E-state index < -0.39 is 158 Å². The lowest BCUT2D eigenvalue weighted by molar-refractivity contribution is -0.346. The molecule has 24 heteroatoms. The van der Waals surface area contributed by atoms with Gasteiger partial charge in [-0.05, 0) is 75.6 Å². The smallest absolute Gasteiger partial charge is 0.413 e. The average molecular weight is 1240 g/mol. The number of benzene rings is 3. The van der Waals surface area contributed by atoms with Crippen LogP contribution >= 0.6 is 69.6 Å². The SMILES string of the molecule is COc1ccc([C@H]2O[C@@H](C(=O)O[C@H]3C[C@@]4(O)[C@@H](OC(=O)c5ccccc5)[C@@H]5[C@]6(OC(C)=O)CO[C@@H]6C[C@H](OC(=O)CC(Cl)(Cl)Cl)[C@@]5(C)C(=O)[C@H](OC(=O)CC(Cl)(Cl)Cl)C(=C3C)C4(C)C)[C@H](c3ccccc3)N2C(=O)OC(C)(C)C)cc1. The zero-order valence-electron chi connectivity index (χ0n) is 45.5. The van der Waals surface area contributed by atoms with E-state index in [0.717, 1.165) is 6.92 Å². The third kappa shape index (κ3) is 12.2. The van der Waals surface area contributed by atoms with Gasteiger partial charge in [-0.3, -0.25) is 24.1 Å². The number of ketones is 1. The molecule has 8 rings (SSSR count). The summed E-state index contributed by atoms with van der Waals surface area (Å²) in [6, 6.07) is 21.5. The van der Waals surface area contributed by atoms with Crippen LogP contribution in [0.15, 0.2) is 96.1 Å². The molecular formula is C57H61Cl6NO17. The molecule has 18 nitrogen and oxygen atoms in total. The van der Waals surface area contributed by atoms with E-state index in [-0.39, 0.29) is 23.1 Å². The number of methoxy groups -OCH3 is 1. The molecule has 12 atom stereocenters. The number of ether oxygens (including phenoxy) is 9. The molecule has 5 aliphatic rings. The summed E-state index contributed by atoms with van der Waals surface area (Å²) in [4.78, 5) is 104. The number of Topliss-reactive ketones (excluding diaryl/α,β-unsaturated/α-hetero) is 1. The van der Waals surface area contributed by atoms with Crippen LogP contribution in [0.1, 0.15) is 115 Å². The zero-order chi connectivity index (χ0) is 59.6. The fraction of sp³-hybridized carbons (Fsp3) is 0.526. The lowest BCUT2D eigenvalue weighted by Crippen LogP contribution is -2.82. The van der Waals surface area contributed by atoms with Gasteiger partial charge in [-0.2, -0.15) is 0 Å². The van der Waals surface area contributed by atoms with Crippen LogP contribution in [0.4, 0.5) is 4.79 Å². The van der Waals surface area contributed by atoms with Crippen molar-refractivity contribution in [1.29, 1.82) is 0 Å². The highest BCUT2D eigenvalue weighted by Gasteiger charge is 2.79. The fourth-order valence-electron chi connectivity index (χ4n) is 12.2. The second kappa shape index (κ2) is 22.9. The number of alkyl halides is 6. The van der Waals surface area contributed by atoms with Crippen LogP contribution in [0.5, 0.6) is 5.75 Å². The molecule has 2 aliphatic heterocycles. The molecule has 81 heavy (non-hydrogen) atoms. The minimum atomic E-state index is -2.61. The zero-order valence-corrected chi connectivity index (χ0v) is 50.0. The molecule has 3 aromatic carbocycles. The van der Waals surface area contributed by atoms with Gasteiger partial charge in [0.15, 0.2) is 29.8 Å². The Morgan fingerprint density at radius 3 is 1.89 bits per heavy atom. The van der Waals surface area contributed by atoms with Crippen molar-refractivity contribution >= 4 is 111 Å². The summed E-state index contributed by atoms with van der Waals surface area (Å²) in [5.74, 6) is -7.73. The van der Waals surface area contributed by atoms with Gasteiger partial charge in [0.25, 0.3) is 0 Å². The van der Waals surface area contributed by atoms with Crippen LogP contribution < -0.4 is 4.74 Å². The molecular weight excluding hydrogens is 1180 g/mol. The molecule has 1 amide bonds. The highest BCUT2D eigenvalue weighted by Crippen LogP contribution is 2.65. The first-order valence-corrected chi connectivity index (χ1v) is 28.1. The van der Waals surface area contributed by atoms with E-state index in [1.807, 2.05) is 0 Å². The monoisotopic (exact) mass is 1240 g/mol. The molecule has 2 bridgehead atoms. The van der Waals surface area contributed by atoms with Crippen molar-refractivity contribution in [2.45, 2.75) is 154 Å². The molecule has 2 heterocycles. The Balaban J connectivity index is 1.36. The van der Waals surface area contributed by atoms with Gasteiger partial charge >= 0.3 is 35.9 Å². The van der Waals surface area contributed by atoms with E-state index in [2.05, 4.69) is 0 Å². The Hall–Kier alpha value is -4.89. The molecule has 0 aromatic heterocycles. The van der Waals surface area contributed by atoms with Crippen molar-refractivity contribution in [3.05, 3.63) is 113 Å². The van der Waals surface area contributed by atoms with E-state index in [4.69, 9.17) is 112 Å². The van der Waals surface area contributed by atoms with Gasteiger partial charge in [0.1, 0.15) is 47.4 Å². The highest BCUT2D eigenvalue weighted by atomic mass is 35.6. The number of hydrogen-bond acceptors (Lipinski definition) is 17. The van der Waals surface area contributed by atoms with E-state index in [1.54, 1.807) is 93.6 Å². The maximum atomic E-state index is 16.6. The predicted octanol–water partition coefficient (Wildman–Crippen LogP) is 10.3. The molecule has 438 valence electrons. The largest absolute Gasteiger partial charge is 0.497 e. The second-order valence-electron chi connectivity index (χ2n) is 22.5. The molecule has 2 saturated heterocycles.